The molecule has 1 aliphatic heterocycles. The Hall–Kier alpha value is -3.19. The lowest BCUT2D eigenvalue weighted by molar-refractivity contribution is -0.0229. The number of allylic oxidation sites excluding steroid dienone is 2. The van der Waals surface area contributed by atoms with Crippen molar-refractivity contribution in [3.63, 3.8) is 0 Å². The Balaban J connectivity index is 2.05. The zero-order valence-corrected chi connectivity index (χ0v) is 18.2. The molecule has 31 heavy (non-hydrogen) atoms. The number of fused-ring (bicyclic) bond motifs is 3. The van der Waals surface area contributed by atoms with E-state index in [1.54, 1.807) is 19.9 Å². The average molecular weight is 426 g/mol. The van der Waals surface area contributed by atoms with E-state index in [0.717, 1.165) is 5.57 Å². The lowest BCUT2D eigenvalue weighted by Crippen LogP contribution is -2.39. The Labute approximate surface area is 179 Å². The quantitative estimate of drug-likeness (QED) is 0.428. The number of aliphatic hydroxyl groups is 1. The molecule has 0 radical (unpaired) electrons. The molecule has 3 aromatic rings. The molecule has 164 valence electrons. The normalized spacial score (nSPS) is 15.7. The molecule has 0 saturated carbocycles. The molecule has 7 nitrogen and oxygen atoms in total. The van der Waals surface area contributed by atoms with Gasteiger partial charge in [0.05, 0.1) is 18.1 Å². The number of aromatic hydroxyl groups is 2. The first-order chi connectivity index (χ1) is 14.5. The number of ether oxygens (including phenoxy) is 2. The van der Waals surface area contributed by atoms with Gasteiger partial charge in [0.2, 0.25) is 5.43 Å². The van der Waals surface area contributed by atoms with Gasteiger partial charge in [-0.25, -0.2) is 0 Å². The van der Waals surface area contributed by atoms with Crippen molar-refractivity contribution in [1.29, 1.82) is 0 Å². The van der Waals surface area contributed by atoms with Crippen molar-refractivity contribution >= 4 is 21.9 Å². The second-order valence-electron chi connectivity index (χ2n) is 8.74. The molecule has 2 aromatic carbocycles. The lowest BCUT2D eigenvalue weighted by atomic mass is 9.95. The first-order valence-electron chi connectivity index (χ1n) is 10.1. The molecule has 0 fully saturated rings. The zero-order chi connectivity index (χ0) is 22.7. The summed E-state index contributed by atoms with van der Waals surface area (Å²) in [7, 11) is 1.42. The number of hydrogen-bond acceptors (Lipinski definition) is 7. The van der Waals surface area contributed by atoms with E-state index in [1.165, 1.54) is 13.2 Å². The van der Waals surface area contributed by atoms with Gasteiger partial charge in [0, 0.05) is 29.7 Å². The van der Waals surface area contributed by atoms with Crippen LogP contribution < -0.4 is 14.9 Å². The molecule has 7 heteroatoms. The Morgan fingerprint density at radius 1 is 1.23 bits per heavy atom. The van der Waals surface area contributed by atoms with Crippen LogP contribution in [0.25, 0.3) is 21.9 Å². The third kappa shape index (κ3) is 3.39. The van der Waals surface area contributed by atoms with E-state index in [-0.39, 0.29) is 45.6 Å². The van der Waals surface area contributed by atoms with Crippen LogP contribution in [0.5, 0.6) is 23.0 Å². The van der Waals surface area contributed by atoms with Crippen LogP contribution in [0.1, 0.15) is 38.8 Å². The van der Waals surface area contributed by atoms with Crippen molar-refractivity contribution in [2.75, 3.05) is 7.11 Å². The average Bonchev–Trinajstić information content (AvgIpc) is 3.10. The molecule has 0 aliphatic carbocycles. The fourth-order valence-corrected chi connectivity index (χ4v) is 4.02. The minimum absolute atomic E-state index is 0.0393. The number of phenols is 2. The van der Waals surface area contributed by atoms with E-state index in [4.69, 9.17) is 13.9 Å². The number of phenolic OH excluding ortho intramolecular Hbond substituents is 2. The lowest BCUT2D eigenvalue weighted by Gasteiger charge is -2.24. The van der Waals surface area contributed by atoms with Gasteiger partial charge < -0.3 is 29.2 Å². The van der Waals surface area contributed by atoms with Crippen molar-refractivity contribution in [1.82, 2.24) is 0 Å². The van der Waals surface area contributed by atoms with E-state index in [9.17, 15) is 20.1 Å². The summed E-state index contributed by atoms with van der Waals surface area (Å²) in [5.74, 6) is 0.207. The molecular weight excluding hydrogens is 400 g/mol. The molecule has 1 atom stereocenters. The minimum Gasteiger partial charge on any atom is -0.507 e. The molecule has 1 aromatic heterocycles. The standard InChI is InChI=1S/C24H26O7/c1-11(2)6-7-12-19-16(9-14(25)23(12)29-5)30-17-10-15-13(21(26)20(17)22(19)27)8-18(31-15)24(3,4)28/h6,9-10,18,25-26,28H,7-8H2,1-5H3. The number of hydrogen-bond donors (Lipinski definition) is 3. The van der Waals surface area contributed by atoms with Gasteiger partial charge in [-0.3, -0.25) is 4.79 Å². The maximum atomic E-state index is 13.6. The highest BCUT2D eigenvalue weighted by Gasteiger charge is 2.37. The molecule has 4 rings (SSSR count). The molecule has 0 saturated heterocycles. The van der Waals surface area contributed by atoms with Crippen molar-refractivity contribution < 1.29 is 29.2 Å². The molecular formula is C24H26O7. The molecule has 1 unspecified atom stereocenters. The summed E-state index contributed by atoms with van der Waals surface area (Å²) in [6, 6.07) is 2.89. The highest BCUT2D eigenvalue weighted by Crippen LogP contribution is 2.44. The summed E-state index contributed by atoms with van der Waals surface area (Å²) in [5.41, 5.74) is 0.768. The summed E-state index contributed by atoms with van der Waals surface area (Å²) < 4.78 is 17.1. The van der Waals surface area contributed by atoms with Crippen LogP contribution in [0.15, 0.2) is 33.0 Å². The Morgan fingerprint density at radius 3 is 2.52 bits per heavy atom. The van der Waals surface area contributed by atoms with Gasteiger partial charge in [-0.05, 0) is 34.1 Å². The van der Waals surface area contributed by atoms with Crippen LogP contribution in [0.4, 0.5) is 0 Å². The van der Waals surface area contributed by atoms with Gasteiger partial charge in [-0.2, -0.15) is 0 Å². The van der Waals surface area contributed by atoms with Gasteiger partial charge in [-0.1, -0.05) is 11.6 Å². The summed E-state index contributed by atoms with van der Waals surface area (Å²) >= 11 is 0. The highest BCUT2D eigenvalue weighted by atomic mass is 16.5. The highest BCUT2D eigenvalue weighted by molar-refractivity contribution is 5.98. The minimum atomic E-state index is -1.13. The van der Waals surface area contributed by atoms with Gasteiger partial charge >= 0.3 is 0 Å². The molecule has 1 aliphatic rings. The maximum absolute atomic E-state index is 13.6. The first-order valence-corrected chi connectivity index (χ1v) is 10.1. The topological polar surface area (TPSA) is 109 Å². The molecule has 3 N–H and O–H groups in total. The summed E-state index contributed by atoms with van der Waals surface area (Å²) in [4.78, 5) is 13.6. The van der Waals surface area contributed by atoms with Crippen LogP contribution in [-0.2, 0) is 12.8 Å². The smallest absolute Gasteiger partial charge is 0.204 e. The first kappa shape index (κ1) is 21.1. The molecule has 0 bridgehead atoms. The maximum Gasteiger partial charge on any atom is 0.204 e. The van der Waals surface area contributed by atoms with Crippen LogP contribution in [0.3, 0.4) is 0 Å². The third-order valence-electron chi connectivity index (χ3n) is 5.69. The fourth-order valence-electron chi connectivity index (χ4n) is 4.02. The van der Waals surface area contributed by atoms with E-state index in [2.05, 4.69) is 0 Å². The van der Waals surface area contributed by atoms with E-state index < -0.39 is 17.1 Å². The number of benzene rings is 2. The monoisotopic (exact) mass is 426 g/mol. The second-order valence-corrected chi connectivity index (χ2v) is 8.74. The van der Waals surface area contributed by atoms with Crippen molar-refractivity contribution in [2.24, 2.45) is 0 Å². The van der Waals surface area contributed by atoms with Gasteiger partial charge in [0.1, 0.15) is 34.2 Å². The SMILES string of the molecule is COc1c(O)cc2oc3cc4c(c(O)c3c(=O)c2c1CC=C(C)C)CC(C(C)(C)O)O4. The van der Waals surface area contributed by atoms with Crippen molar-refractivity contribution in [3.05, 3.63) is 45.1 Å². The van der Waals surface area contributed by atoms with Gasteiger partial charge in [0.25, 0.3) is 0 Å². The Kier molecular flexibility index (Phi) is 4.89. The zero-order valence-electron chi connectivity index (χ0n) is 18.2. The van der Waals surface area contributed by atoms with Crippen LogP contribution in [-0.4, -0.2) is 34.1 Å². The van der Waals surface area contributed by atoms with Gasteiger partial charge in [0.15, 0.2) is 11.5 Å². The van der Waals surface area contributed by atoms with Crippen molar-refractivity contribution in [2.45, 2.75) is 52.2 Å². The summed E-state index contributed by atoms with van der Waals surface area (Å²) in [5, 5.41) is 32.0. The van der Waals surface area contributed by atoms with Crippen LogP contribution >= 0.6 is 0 Å². The Morgan fingerprint density at radius 2 is 1.90 bits per heavy atom. The van der Waals surface area contributed by atoms with E-state index >= 15 is 0 Å². The van der Waals surface area contributed by atoms with Crippen molar-refractivity contribution in [3.8, 4) is 23.0 Å². The third-order valence-corrected chi connectivity index (χ3v) is 5.69. The van der Waals surface area contributed by atoms with Gasteiger partial charge in [-0.15, -0.1) is 0 Å². The predicted octanol–water partition coefficient (Wildman–Crippen LogP) is 3.95. The Bertz CT molecular complexity index is 1290. The number of rotatable bonds is 4. The van der Waals surface area contributed by atoms with E-state index in [1.807, 2.05) is 19.9 Å². The largest absolute Gasteiger partial charge is 0.507 e. The second kappa shape index (κ2) is 7.20. The molecule has 2 heterocycles. The van der Waals surface area contributed by atoms with Crippen LogP contribution in [0, 0.1) is 0 Å². The predicted molar refractivity (Wildman–Crippen MR) is 117 cm³/mol. The summed E-state index contributed by atoms with van der Waals surface area (Å²) in [6.07, 6.45) is 1.97. The number of methoxy groups -OCH3 is 1. The van der Waals surface area contributed by atoms with E-state index in [0.29, 0.717) is 23.3 Å². The van der Waals surface area contributed by atoms with Crippen LogP contribution in [0.2, 0.25) is 0 Å². The fraction of sp³-hybridized carbons (Fsp3) is 0.375. The molecule has 0 amide bonds. The molecule has 0 spiro atoms. The summed E-state index contributed by atoms with van der Waals surface area (Å²) in [6.45, 7) is 7.12.